The van der Waals surface area contributed by atoms with E-state index < -0.39 is 0 Å². The summed E-state index contributed by atoms with van der Waals surface area (Å²) in [6, 6.07) is 9.52. The Kier molecular flexibility index (Phi) is 5.50. The summed E-state index contributed by atoms with van der Waals surface area (Å²) < 4.78 is 2.09. The molecule has 5 nitrogen and oxygen atoms in total. The number of nitrogens with zero attached hydrogens (tertiary/aromatic N) is 3. The summed E-state index contributed by atoms with van der Waals surface area (Å²) in [5.41, 5.74) is 2.29. The molecule has 3 aromatic rings. The van der Waals surface area contributed by atoms with Crippen LogP contribution in [0.3, 0.4) is 0 Å². The van der Waals surface area contributed by atoms with E-state index in [4.69, 9.17) is 16.9 Å². The fraction of sp³-hybridized carbons (Fsp3) is 0.211. The van der Waals surface area contributed by atoms with Gasteiger partial charge in [-0.1, -0.05) is 31.5 Å². The van der Waals surface area contributed by atoms with Gasteiger partial charge >= 0.3 is 0 Å². The number of nitriles is 1. The number of aromatic amines is 1. The lowest BCUT2D eigenvalue weighted by Gasteiger charge is -2.18. The van der Waals surface area contributed by atoms with Crippen molar-refractivity contribution in [2.45, 2.75) is 25.2 Å². The molecule has 3 heterocycles. The second-order valence-corrected chi connectivity index (χ2v) is 6.86. The fourth-order valence-electron chi connectivity index (χ4n) is 2.81. The molecule has 1 aliphatic heterocycles. The van der Waals surface area contributed by atoms with Gasteiger partial charge in [0.05, 0.1) is 22.0 Å². The number of H-pyrrole nitrogens is 1. The number of rotatable bonds is 2. The molecule has 1 aromatic carbocycles. The van der Waals surface area contributed by atoms with Crippen LogP contribution in [0.5, 0.6) is 0 Å². The molecule has 0 bridgehead atoms. The van der Waals surface area contributed by atoms with Gasteiger partial charge in [0, 0.05) is 41.0 Å². The minimum absolute atomic E-state index is 0.160. The highest BCUT2D eigenvalue weighted by Crippen LogP contribution is 2.39. The first kappa shape index (κ1) is 18.3. The quantitative estimate of drug-likeness (QED) is 0.656. The Morgan fingerprint density at radius 2 is 2.19 bits per heavy atom. The van der Waals surface area contributed by atoms with Crippen molar-refractivity contribution in [2.75, 3.05) is 10.8 Å². The van der Waals surface area contributed by atoms with E-state index in [1.807, 2.05) is 32.0 Å². The Hall–Kier alpha value is -2.49. The van der Waals surface area contributed by atoms with E-state index >= 15 is 0 Å². The summed E-state index contributed by atoms with van der Waals surface area (Å²) in [6.45, 7) is 4.79. The van der Waals surface area contributed by atoms with E-state index in [1.54, 1.807) is 12.3 Å². The first-order valence-electron chi connectivity index (χ1n) is 8.32. The summed E-state index contributed by atoms with van der Waals surface area (Å²) in [6.07, 6.45) is 3.94. The second kappa shape index (κ2) is 7.81. The Bertz CT molecular complexity index is 1060. The zero-order chi connectivity index (χ0) is 18.7. The molecule has 1 N–H and O–H groups in total. The number of pyridine rings is 2. The summed E-state index contributed by atoms with van der Waals surface area (Å²) in [5, 5.41) is 10.9. The number of hydrogen-bond donors (Lipinski definition) is 1. The number of nitrogens with one attached hydrogen (secondary N) is 1. The van der Waals surface area contributed by atoms with Crippen LogP contribution in [0.4, 0.5) is 5.69 Å². The maximum absolute atomic E-state index is 12.0. The maximum atomic E-state index is 12.0. The molecule has 0 saturated heterocycles. The van der Waals surface area contributed by atoms with Crippen molar-refractivity contribution in [1.82, 2.24) is 9.97 Å². The molecule has 0 atom stereocenters. The van der Waals surface area contributed by atoms with E-state index in [1.165, 1.54) is 18.1 Å². The van der Waals surface area contributed by atoms with E-state index in [-0.39, 0.29) is 5.56 Å². The van der Waals surface area contributed by atoms with Crippen LogP contribution < -0.4 is 9.86 Å². The third-order valence-corrected chi connectivity index (χ3v) is 5.38. The van der Waals surface area contributed by atoms with Crippen molar-refractivity contribution in [2.24, 2.45) is 0 Å². The molecule has 7 heteroatoms. The molecule has 0 aliphatic carbocycles. The van der Waals surface area contributed by atoms with Gasteiger partial charge in [0.15, 0.2) is 0 Å². The molecule has 0 spiro atoms. The van der Waals surface area contributed by atoms with E-state index in [9.17, 15) is 4.79 Å². The van der Waals surface area contributed by atoms with Gasteiger partial charge in [-0.3, -0.25) is 9.78 Å². The van der Waals surface area contributed by atoms with Crippen molar-refractivity contribution in [3.63, 3.8) is 0 Å². The van der Waals surface area contributed by atoms with Crippen LogP contribution in [-0.4, -0.2) is 16.5 Å². The first-order chi connectivity index (χ1) is 12.7. The minimum Gasteiger partial charge on any atom is -0.327 e. The van der Waals surface area contributed by atoms with Crippen molar-refractivity contribution < 1.29 is 0 Å². The number of halogens is 1. The zero-order valence-electron chi connectivity index (χ0n) is 14.4. The summed E-state index contributed by atoms with van der Waals surface area (Å²) in [4.78, 5) is 19.9. The molecular formula is C19H17ClN4OS. The van der Waals surface area contributed by atoms with E-state index in [0.717, 1.165) is 34.6 Å². The number of hydrogen-bond acceptors (Lipinski definition) is 5. The molecule has 0 radical (unpaired) electrons. The van der Waals surface area contributed by atoms with Crippen molar-refractivity contribution in [3.05, 3.63) is 63.3 Å². The molecule has 132 valence electrons. The second-order valence-electron chi connectivity index (χ2n) is 5.39. The zero-order valence-corrected chi connectivity index (χ0v) is 16.0. The van der Waals surface area contributed by atoms with Crippen LogP contribution in [0.25, 0.3) is 10.8 Å². The number of aromatic nitrogens is 2. The Morgan fingerprint density at radius 1 is 1.38 bits per heavy atom. The highest BCUT2D eigenvalue weighted by molar-refractivity contribution is 8.00. The van der Waals surface area contributed by atoms with E-state index in [2.05, 4.69) is 20.3 Å². The van der Waals surface area contributed by atoms with Crippen LogP contribution in [0.15, 0.2) is 46.3 Å². The molecule has 2 aromatic heterocycles. The molecule has 1 aliphatic rings. The molecule has 0 fully saturated rings. The third kappa shape index (κ3) is 3.28. The minimum atomic E-state index is -0.160. The van der Waals surface area contributed by atoms with Gasteiger partial charge < -0.3 is 9.29 Å². The van der Waals surface area contributed by atoms with Gasteiger partial charge in [-0.05, 0) is 30.1 Å². The van der Waals surface area contributed by atoms with Gasteiger partial charge in [0.1, 0.15) is 6.07 Å². The normalized spacial score (nSPS) is 12.3. The molecule has 26 heavy (non-hydrogen) atoms. The largest absolute Gasteiger partial charge is 0.327 e. The Labute approximate surface area is 160 Å². The molecule has 4 rings (SSSR count). The molecule has 0 unspecified atom stereocenters. The Morgan fingerprint density at radius 3 is 2.96 bits per heavy atom. The molecule has 0 saturated carbocycles. The summed E-state index contributed by atoms with van der Waals surface area (Å²) >= 11 is 7.82. The van der Waals surface area contributed by atoms with Gasteiger partial charge in [0.25, 0.3) is 5.56 Å². The summed E-state index contributed by atoms with van der Waals surface area (Å²) in [5.74, 6) is 0. The Balaban J connectivity index is 0.000000948. The van der Waals surface area contributed by atoms with Crippen molar-refractivity contribution >= 4 is 40.0 Å². The van der Waals surface area contributed by atoms with Crippen molar-refractivity contribution in [1.29, 1.82) is 5.26 Å². The topological polar surface area (TPSA) is 72.8 Å². The van der Waals surface area contributed by atoms with Gasteiger partial charge in [-0.25, -0.2) is 0 Å². The van der Waals surface area contributed by atoms with Crippen LogP contribution in [0.2, 0.25) is 5.02 Å². The fourth-order valence-corrected chi connectivity index (χ4v) is 4.26. The average Bonchev–Trinajstić information content (AvgIpc) is 3.08. The monoisotopic (exact) mass is 384 g/mol. The lowest BCUT2D eigenvalue weighted by atomic mass is 10.2. The highest BCUT2D eigenvalue weighted by Gasteiger charge is 2.23. The SMILES string of the molecule is CC.N#Cc1cnc2c(c1)N(Sc1cccc3c(=O)[nH]cc(Cl)c13)CC2. The van der Waals surface area contributed by atoms with Crippen molar-refractivity contribution in [3.8, 4) is 6.07 Å². The summed E-state index contributed by atoms with van der Waals surface area (Å²) in [7, 11) is 0. The first-order valence-corrected chi connectivity index (χ1v) is 9.47. The smallest absolute Gasteiger partial charge is 0.255 e. The number of benzene rings is 1. The lowest BCUT2D eigenvalue weighted by molar-refractivity contribution is 1.01. The third-order valence-electron chi connectivity index (χ3n) is 3.95. The standard InChI is InChI=1S/C17H11ClN4OS.C2H6/c18-12-9-21-17(23)11-2-1-3-15(16(11)12)24-22-5-4-13-14(22)6-10(7-19)8-20-13;1-2/h1-3,6,8-9H,4-5H2,(H,21,23);1-2H3. The predicted octanol–water partition coefficient (Wildman–Crippen LogP) is 4.54. The molecule has 0 amide bonds. The predicted molar refractivity (Wildman–Crippen MR) is 107 cm³/mol. The number of fused-ring (bicyclic) bond motifs is 2. The van der Waals surface area contributed by atoms with E-state index in [0.29, 0.717) is 16.0 Å². The van der Waals surface area contributed by atoms with Crippen LogP contribution >= 0.6 is 23.5 Å². The lowest BCUT2D eigenvalue weighted by Crippen LogP contribution is -2.11. The maximum Gasteiger partial charge on any atom is 0.255 e. The molecular weight excluding hydrogens is 368 g/mol. The average molecular weight is 385 g/mol. The van der Waals surface area contributed by atoms with Crippen LogP contribution in [0.1, 0.15) is 25.1 Å². The van der Waals surface area contributed by atoms with Crippen LogP contribution in [0, 0.1) is 11.3 Å². The highest BCUT2D eigenvalue weighted by atomic mass is 35.5. The van der Waals surface area contributed by atoms with Gasteiger partial charge in [-0.15, -0.1) is 0 Å². The van der Waals surface area contributed by atoms with Gasteiger partial charge in [0.2, 0.25) is 0 Å². The number of anilines is 1. The van der Waals surface area contributed by atoms with Crippen LogP contribution in [-0.2, 0) is 6.42 Å². The van der Waals surface area contributed by atoms with Gasteiger partial charge in [-0.2, -0.15) is 5.26 Å².